The molecule has 1 aromatic rings. The molecule has 1 atom stereocenters. The van der Waals surface area contributed by atoms with Gasteiger partial charge in [0, 0.05) is 3.57 Å². The van der Waals surface area contributed by atoms with Crippen molar-refractivity contribution in [3.8, 4) is 0 Å². The maximum Gasteiger partial charge on any atom is 0.250 e. The van der Waals surface area contributed by atoms with Crippen molar-refractivity contribution in [3.63, 3.8) is 0 Å². The van der Waals surface area contributed by atoms with Crippen LogP contribution in [0.25, 0.3) is 0 Å². The molecule has 0 heterocycles. The third-order valence-electron chi connectivity index (χ3n) is 1.43. The van der Waals surface area contributed by atoms with Crippen molar-refractivity contribution in [2.45, 2.75) is 6.10 Å². The molecule has 1 unspecified atom stereocenters. The molecule has 4 heteroatoms. The Kier molecular flexibility index (Phi) is 3.05. The number of aliphatic hydroxyl groups excluding tert-OH is 1. The van der Waals surface area contributed by atoms with E-state index >= 15 is 0 Å². The van der Waals surface area contributed by atoms with Crippen LogP contribution >= 0.6 is 22.6 Å². The normalized spacial score (nSPS) is 12.5. The summed E-state index contributed by atoms with van der Waals surface area (Å²) in [5, 5.41) is 9.24. The first-order valence-corrected chi connectivity index (χ1v) is 4.42. The van der Waals surface area contributed by atoms with Crippen LogP contribution in [0.4, 0.5) is 0 Å². The zero-order valence-electron chi connectivity index (χ0n) is 6.20. The van der Waals surface area contributed by atoms with E-state index in [1.807, 2.05) is 6.07 Å². The molecule has 0 saturated heterocycles. The Morgan fingerprint density at radius 2 is 2.25 bits per heavy atom. The van der Waals surface area contributed by atoms with E-state index in [-0.39, 0.29) is 0 Å². The molecule has 1 aromatic carbocycles. The first kappa shape index (κ1) is 9.47. The second-order valence-electron chi connectivity index (χ2n) is 2.36. The number of halogens is 1. The van der Waals surface area contributed by atoms with Gasteiger partial charge in [-0.2, -0.15) is 0 Å². The van der Waals surface area contributed by atoms with E-state index in [0.29, 0.717) is 5.56 Å². The quantitative estimate of drug-likeness (QED) is 0.786. The number of nitrogens with two attached hydrogens (primary N) is 1. The van der Waals surface area contributed by atoms with Crippen molar-refractivity contribution in [2.75, 3.05) is 0 Å². The van der Waals surface area contributed by atoms with Crippen LogP contribution in [0.5, 0.6) is 0 Å². The summed E-state index contributed by atoms with van der Waals surface area (Å²) in [6.07, 6.45) is -1.19. The molecule has 1 amide bonds. The number of benzene rings is 1. The minimum absolute atomic E-state index is 0.536. The third kappa shape index (κ3) is 2.18. The van der Waals surface area contributed by atoms with E-state index in [2.05, 4.69) is 22.6 Å². The molecule has 0 spiro atoms. The molecule has 3 N–H and O–H groups in total. The second kappa shape index (κ2) is 3.86. The van der Waals surface area contributed by atoms with Gasteiger partial charge in [-0.15, -0.1) is 0 Å². The third-order valence-corrected chi connectivity index (χ3v) is 2.10. The Morgan fingerprint density at radius 3 is 2.75 bits per heavy atom. The van der Waals surface area contributed by atoms with Crippen LogP contribution in [0.15, 0.2) is 24.3 Å². The van der Waals surface area contributed by atoms with Gasteiger partial charge in [-0.3, -0.25) is 4.79 Å². The van der Waals surface area contributed by atoms with Gasteiger partial charge in [0.2, 0.25) is 0 Å². The number of amides is 1. The Labute approximate surface area is 83.7 Å². The van der Waals surface area contributed by atoms with E-state index in [1.165, 1.54) is 0 Å². The molecule has 0 aliphatic rings. The molecule has 0 fully saturated rings. The first-order valence-electron chi connectivity index (χ1n) is 3.34. The molecule has 12 heavy (non-hydrogen) atoms. The number of hydrogen-bond donors (Lipinski definition) is 2. The molecule has 0 aliphatic carbocycles. The van der Waals surface area contributed by atoms with Crippen molar-refractivity contribution in [1.29, 1.82) is 0 Å². The number of primary amides is 1. The highest BCUT2D eigenvalue weighted by Crippen LogP contribution is 2.14. The standard InChI is InChI=1S/C8H8INO2/c9-6-3-1-2-5(4-6)7(11)8(10)12/h1-4,7,11H,(H2,10,12). The van der Waals surface area contributed by atoms with Crippen molar-refractivity contribution in [2.24, 2.45) is 5.73 Å². The molecule has 0 bridgehead atoms. The topological polar surface area (TPSA) is 63.3 Å². The fourth-order valence-corrected chi connectivity index (χ4v) is 1.41. The fraction of sp³-hybridized carbons (Fsp3) is 0.125. The summed E-state index contributed by atoms with van der Waals surface area (Å²) in [5.41, 5.74) is 5.46. The molecule has 3 nitrogen and oxygen atoms in total. The van der Waals surface area contributed by atoms with Gasteiger partial charge in [0.05, 0.1) is 0 Å². The maximum absolute atomic E-state index is 10.6. The highest BCUT2D eigenvalue weighted by Gasteiger charge is 2.12. The molecule has 64 valence electrons. The Hall–Kier alpha value is -0.620. The predicted molar refractivity (Wildman–Crippen MR) is 53.3 cm³/mol. The number of rotatable bonds is 2. The Balaban J connectivity index is 2.95. The van der Waals surface area contributed by atoms with Crippen LogP contribution in [0.1, 0.15) is 11.7 Å². The van der Waals surface area contributed by atoms with E-state index in [9.17, 15) is 9.90 Å². The van der Waals surface area contributed by atoms with E-state index in [4.69, 9.17) is 5.73 Å². The van der Waals surface area contributed by atoms with Crippen LogP contribution in [0.3, 0.4) is 0 Å². The lowest BCUT2D eigenvalue weighted by Gasteiger charge is -2.05. The molecule has 0 aliphatic heterocycles. The van der Waals surface area contributed by atoms with Crippen LogP contribution < -0.4 is 5.73 Å². The Morgan fingerprint density at radius 1 is 1.58 bits per heavy atom. The summed E-state index contributed by atoms with van der Waals surface area (Å²) in [6, 6.07) is 7.02. The maximum atomic E-state index is 10.6. The van der Waals surface area contributed by atoms with Crippen molar-refractivity contribution in [1.82, 2.24) is 0 Å². The van der Waals surface area contributed by atoms with E-state index in [1.54, 1.807) is 18.2 Å². The summed E-state index contributed by atoms with van der Waals surface area (Å²) < 4.78 is 0.963. The van der Waals surface area contributed by atoms with Crippen LogP contribution in [-0.4, -0.2) is 11.0 Å². The number of carbonyl (C=O) groups excluding carboxylic acids is 1. The molecule has 0 radical (unpaired) electrons. The van der Waals surface area contributed by atoms with Crippen molar-refractivity contribution < 1.29 is 9.90 Å². The average molecular weight is 277 g/mol. The Bertz CT molecular complexity index is 301. The number of aliphatic hydroxyl groups is 1. The minimum atomic E-state index is -1.19. The molecule has 0 aromatic heterocycles. The van der Waals surface area contributed by atoms with Gasteiger partial charge in [0.1, 0.15) is 0 Å². The zero-order valence-corrected chi connectivity index (χ0v) is 8.36. The van der Waals surface area contributed by atoms with Gasteiger partial charge in [-0.1, -0.05) is 12.1 Å². The van der Waals surface area contributed by atoms with Gasteiger partial charge in [0.25, 0.3) is 5.91 Å². The van der Waals surface area contributed by atoms with Crippen molar-refractivity contribution >= 4 is 28.5 Å². The first-order chi connectivity index (χ1) is 5.61. The van der Waals surface area contributed by atoms with Gasteiger partial charge >= 0.3 is 0 Å². The minimum Gasteiger partial charge on any atom is -0.378 e. The fourth-order valence-electron chi connectivity index (χ4n) is 0.841. The lowest BCUT2D eigenvalue weighted by Crippen LogP contribution is -2.20. The smallest absolute Gasteiger partial charge is 0.250 e. The summed E-state index contributed by atoms with van der Waals surface area (Å²) >= 11 is 2.10. The van der Waals surface area contributed by atoms with Crippen LogP contribution in [0, 0.1) is 3.57 Å². The highest BCUT2D eigenvalue weighted by molar-refractivity contribution is 14.1. The second-order valence-corrected chi connectivity index (χ2v) is 3.61. The zero-order chi connectivity index (χ0) is 9.14. The summed E-state index contributed by atoms with van der Waals surface area (Å²) in [5.74, 6) is -0.725. The van der Waals surface area contributed by atoms with Gasteiger partial charge in [-0.05, 0) is 40.3 Å². The van der Waals surface area contributed by atoms with Gasteiger partial charge < -0.3 is 10.8 Å². The average Bonchev–Trinajstić information content (AvgIpc) is 2.03. The number of hydrogen-bond acceptors (Lipinski definition) is 2. The summed E-state index contributed by atoms with van der Waals surface area (Å²) in [7, 11) is 0. The molecular weight excluding hydrogens is 269 g/mol. The van der Waals surface area contributed by atoms with Gasteiger partial charge in [0.15, 0.2) is 6.10 Å². The monoisotopic (exact) mass is 277 g/mol. The van der Waals surface area contributed by atoms with Crippen LogP contribution in [-0.2, 0) is 4.79 Å². The van der Waals surface area contributed by atoms with Gasteiger partial charge in [-0.25, -0.2) is 0 Å². The lowest BCUT2D eigenvalue weighted by molar-refractivity contribution is -0.126. The van der Waals surface area contributed by atoms with E-state index in [0.717, 1.165) is 3.57 Å². The summed E-state index contributed by atoms with van der Waals surface area (Å²) in [6.45, 7) is 0. The predicted octanol–water partition coefficient (Wildman–Crippen LogP) is 0.810. The summed E-state index contributed by atoms with van der Waals surface area (Å²) in [4.78, 5) is 10.6. The van der Waals surface area contributed by atoms with Crippen molar-refractivity contribution in [3.05, 3.63) is 33.4 Å². The number of carbonyl (C=O) groups is 1. The molecule has 1 rings (SSSR count). The lowest BCUT2D eigenvalue weighted by atomic mass is 10.1. The molecule has 0 saturated carbocycles. The highest BCUT2D eigenvalue weighted by atomic mass is 127. The van der Waals surface area contributed by atoms with Crippen LogP contribution in [0.2, 0.25) is 0 Å². The molecular formula is C8H8INO2. The van der Waals surface area contributed by atoms with E-state index < -0.39 is 12.0 Å². The largest absolute Gasteiger partial charge is 0.378 e. The SMILES string of the molecule is NC(=O)C(O)c1cccc(I)c1.